The van der Waals surface area contributed by atoms with Crippen molar-refractivity contribution in [2.45, 2.75) is 63.4 Å². The van der Waals surface area contributed by atoms with Gasteiger partial charge < -0.3 is 9.31 Å². The smallest absolute Gasteiger partial charge is 0.399 e. The summed E-state index contributed by atoms with van der Waals surface area (Å²) in [4.78, 5) is 27.4. The second kappa shape index (κ2) is 6.50. The molecule has 5 rings (SSSR count). The summed E-state index contributed by atoms with van der Waals surface area (Å²) in [7, 11) is -0.510. The number of nitrogens with zero attached hydrogens (tertiary/aromatic N) is 1. The molecule has 1 saturated carbocycles. The molecule has 0 spiro atoms. The fourth-order valence-electron chi connectivity index (χ4n) is 4.73. The Bertz CT molecular complexity index is 1020. The van der Waals surface area contributed by atoms with E-state index >= 15 is 0 Å². The predicted octanol–water partition coefficient (Wildman–Crippen LogP) is 3.61. The minimum atomic E-state index is -1.05. The van der Waals surface area contributed by atoms with E-state index in [1.165, 1.54) is 4.90 Å². The number of fused-ring (bicyclic) bond motifs is 1. The second-order valence-electron chi connectivity index (χ2n) is 9.74. The lowest BCUT2D eigenvalue weighted by molar-refractivity contribution is -0.0172. The van der Waals surface area contributed by atoms with Gasteiger partial charge in [0.1, 0.15) is 6.17 Å². The highest BCUT2D eigenvalue weighted by Gasteiger charge is 2.57. The summed E-state index contributed by atoms with van der Waals surface area (Å²) >= 11 is 0. The van der Waals surface area contributed by atoms with Gasteiger partial charge in [-0.3, -0.25) is 14.5 Å². The van der Waals surface area contributed by atoms with Gasteiger partial charge in [0.15, 0.2) is 0 Å². The first kappa shape index (κ1) is 20.4. The van der Waals surface area contributed by atoms with E-state index in [1.807, 2.05) is 52.0 Å². The van der Waals surface area contributed by atoms with E-state index in [1.54, 1.807) is 24.3 Å². The minimum absolute atomic E-state index is 0.105. The normalized spacial score (nSPS) is 28.6. The molecule has 5 nitrogen and oxygen atoms in total. The van der Waals surface area contributed by atoms with E-state index in [9.17, 15) is 14.0 Å². The molecule has 0 aromatic heterocycles. The lowest BCUT2D eigenvalue weighted by Gasteiger charge is -2.49. The third-order valence-electron chi connectivity index (χ3n) is 7.31. The van der Waals surface area contributed by atoms with Gasteiger partial charge in [-0.25, -0.2) is 4.39 Å². The zero-order valence-corrected chi connectivity index (χ0v) is 18.1. The average Bonchev–Trinajstić information content (AvgIpc) is 3.08. The quantitative estimate of drug-likeness (QED) is 0.562. The topological polar surface area (TPSA) is 55.8 Å². The average molecular weight is 421 g/mol. The number of carbonyl (C=O) groups is 2. The molecule has 160 valence electrons. The molecule has 2 heterocycles. The molecule has 31 heavy (non-hydrogen) atoms. The van der Waals surface area contributed by atoms with Gasteiger partial charge >= 0.3 is 7.12 Å². The van der Waals surface area contributed by atoms with Crippen molar-refractivity contribution in [1.29, 1.82) is 0 Å². The number of amides is 2. The van der Waals surface area contributed by atoms with Crippen LogP contribution in [0.4, 0.5) is 4.39 Å². The number of imide groups is 1. The van der Waals surface area contributed by atoms with Crippen LogP contribution in [-0.4, -0.2) is 41.2 Å². The molecule has 2 aromatic rings. The standard InChI is InChI=1S/C24H25BFNO4/c1-22(2)23(3,4)31-25(30-22)16-11-9-15(10-12-16)24(13-17(26)14-24)27-20(28)18-7-5-6-8-19(18)21(27)29/h5-12,17H,13-14H2,1-4H3/t17-,24+. The number of alkyl halides is 1. The fourth-order valence-corrected chi connectivity index (χ4v) is 4.73. The van der Waals surface area contributed by atoms with Crippen LogP contribution in [0.5, 0.6) is 0 Å². The molecule has 1 saturated heterocycles. The van der Waals surface area contributed by atoms with E-state index in [2.05, 4.69) is 0 Å². The van der Waals surface area contributed by atoms with Crippen molar-refractivity contribution in [3.8, 4) is 0 Å². The van der Waals surface area contributed by atoms with Crippen LogP contribution in [0, 0.1) is 0 Å². The van der Waals surface area contributed by atoms with Crippen LogP contribution in [0.1, 0.15) is 66.8 Å². The molecule has 0 bridgehead atoms. The summed E-state index contributed by atoms with van der Waals surface area (Å²) in [6.07, 6.45) is -0.838. The summed E-state index contributed by atoms with van der Waals surface area (Å²) in [5, 5.41) is 0. The van der Waals surface area contributed by atoms with Gasteiger partial charge in [-0.1, -0.05) is 36.4 Å². The molecule has 0 radical (unpaired) electrons. The first-order valence-electron chi connectivity index (χ1n) is 10.6. The SMILES string of the molecule is CC1(C)OB(c2ccc([C@]3(N4C(=O)c5ccccc5C4=O)C[C@@H](F)C3)cc2)OC1(C)C. The van der Waals surface area contributed by atoms with Crippen molar-refractivity contribution in [2.75, 3.05) is 0 Å². The van der Waals surface area contributed by atoms with E-state index in [0.717, 1.165) is 11.0 Å². The van der Waals surface area contributed by atoms with Gasteiger partial charge in [-0.2, -0.15) is 0 Å². The molecule has 7 heteroatoms. The van der Waals surface area contributed by atoms with Crippen molar-refractivity contribution in [2.24, 2.45) is 0 Å². The Labute approximate surface area is 181 Å². The first-order valence-corrected chi connectivity index (χ1v) is 10.6. The number of benzene rings is 2. The maximum absolute atomic E-state index is 14.1. The lowest BCUT2D eigenvalue weighted by atomic mass is 9.68. The van der Waals surface area contributed by atoms with Crippen LogP contribution in [0.25, 0.3) is 0 Å². The highest BCUT2D eigenvalue weighted by Crippen LogP contribution is 2.50. The van der Waals surface area contributed by atoms with Crippen molar-refractivity contribution in [1.82, 2.24) is 4.90 Å². The molecular weight excluding hydrogens is 396 g/mol. The second-order valence-corrected chi connectivity index (χ2v) is 9.74. The molecule has 2 fully saturated rings. The summed E-state index contributed by atoms with van der Waals surface area (Å²) in [6, 6.07) is 14.2. The van der Waals surface area contributed by atoms with Crippen LogP contribution in [0.3, 0.4) is 0 Å². The van der Waals surface area contributed by atoms with Crippen molar-refractivity contribution < 1.29 is 23.3 Å². The van der Waals surface area contributed by atoms with Gasteiger partial charge in [-0.05, 0) is 50.9 Å². The molecule has 2 aromatic carbocycles. The van der Waals surface area contributed by atoms with Gasteiger partial charge in [0.2, 0.25) is 0 Å². The van der Waals surface area contributed by atoms with Crippen LogP contribution < -0.4 is 5.46 Å². The van der Waals surface area contributed by atoms with Crippen LogP contribution in [-0.2, 0) is 14.8 Å². The summed E-state index contributed by atoms with van der Waals surface area (Å²) in [5.41, 5.74) is 0.472. The molecule has 3 aliphatic rings. The third kappa shape index (κ3) is 2.83. The summed E-state index contributed by atoms with van der Waals surface area (Å²) < 4.78 is 26.4. The Balaban J connectivity index is 1.47. The van der Waals surface area contributed by atoms with E-state index in [0.29, 0.717) is 11.1 Å². The van der Waals surface area contributed by atoms with Gasteiger partial charge in [0.05, 0.1) is 27.9 Å². The highest BCUT2D eigenvalue weighted by molar-refractivity contribution is 6.62. The number of hydrogen-bond acceptors (Lipinski definition) is 4. The maximum Gasteiger partial charge on any atom is 0.494 e. The number of hydrogen-bond donors (Lipinski definition) is 0. The Hall–Kier alpha value is -2.51. The largest absolute Gasteiger partial charge is 0.494 e. The molecule has 0 unspecified atom stereocenters. The molecule has 1 aliphatic carbocycles. The van der Waals surface area contributed by atoms with Crippen molar-refractivity contribution in [3.63, 3.8) is 0 Å². The Morgan fingerprint density at radius 2 is 1.35 bits per heavy atom. The highest BCUT2D eigenvalue weighted by atomic mass is 19.1. The fraction of sp³-hybridized carbons (Fsp3) is 0.417. The molecular formula is C24H25BFNO4. The summed E-state index contributed by atoms with van der Waals surface area (Å²) in [5.74, 6) is -0.718. The zero-order valence-electron chi connectivity index (χ0n) is 18.1. The van der Waals surface area contributed by atoms with Crippen LogP contribution in [0.2, 0.25) is 0 Å². The molecule has 2 aliphatic heterocycles. The van der Waals surface area contributed by atoms with Gasteiger partial charge in [-0.15, -0.1) is 0 Å². The van der Waals surface area contributed by atoms with Gasteiger partial charge in [0.25, 0.3) is 11.8 Å². The summed E-state index contributed by atoms with van der Waals surface area (Å²) in [6.45, 7) is 7.98. The monoisotopic (exact) mass is 421 g/mol. The van der Waals surface area contributed by atoms with Crippen molar-refractivity contribution >= 4 is 24.4 Å². The number of rotatable bonds is 3. The minimum Gasteiger partial charge on any atom is -0.399 e. The zero-order chi connectivity index (χ0) is 22.2. The number of halogens is 1. The van der Waals surface area contributed by atoms with Crippen LogP contribution in [0.15, 0.2) is 48.5 Å². The molecule has 2 amide bonds. The van der Waals surface area contributed by atoms with Crippen LogP contribution >= 0.6 is 0 Å². The Morgan fingerprint density at radius 1 is 0.871 bits per heavy atom. The molecule has 0 atom stereocenters. The third-order valence-corrected chi connectivity index (χ3v) is 7.31. The van der Waals surface area contributed by atoms with Gasteiger partial charge in [0, 0.05) is 12.8 Å². The Morgan fingerprint density at radius 3 is 1.81 bits per heavy atom. The van der Waals surface area contributed by atoms with E-state index in [-0.39, 0.29) is 24.7 Å². The number of carbonyl (C=O) groups excluding carboxylic acids is 2. The predicted molar refractivity (Wildman–Crippen MR) is 115 cm³/mol. The Kier molecular flexibility index (Phi) is 4.28. The van der Waals surface area contributed by atoms with Crippen molar-refractivity contribution in [3.05, 3.63) is 65.2 Å². The maximum atomic E-state index is 14.1. The molecule has 0 N–H and O–H groups in total. The van der Waals surface area contributed by atoms with E-state index in [4.69, 9.17) is 9.31 Å². The first-order chi connectivity index (χ1) is 14.6. The van der Waals surface area contributed by atoms with E-state index < -0.39 is 30.0 Å². The lowest BCUT2D eigenvalue weighted by Crippen LogP contribution is -2.58.